The Kier molecular flexibility index (Phi) is 3.89. The highest BCUT2D eigenvalue weighted by atomic mass is 16.5. The number of hydrogen-bond acceptors (Lipinski definition) is 3. The predicted molar refractivity (Wildman–Crippen MR) is 89.4 cm³/mol. The predicted octanol–water partition coefficient (Wildman–Crippen LogP) is 4.22. The summed E-state index contributed by atoms with van der Waals surface area (Å²) < 4.78 is 10.9. The molecule has 1 N–H and O–H groups in total. The molecule has 0 atom stereocenters. The van der Waals surface area contributed by atoms with Crippen LogP contribution in [0.25, 0.3) is 21.9 Å². The standard InChI is InChI=1S/C19H16O4/c1-22-16-9-5-8-14(19(20)21)18(16)15-10-12-6-3-4-7-13(12)11-17(15)23-2/h3-11H,1-2H3,(H,20,21). The van der Waals surface area contributed by atoms with Gasteiger partial charge in [0, 0.05) is 11.1 Å². The third-order valence-corrected chi connectivity index (χ3v) is 3.81. The van der Waals surface area contributed by atoms with Crippen LogP contribution in [0.15, 0.2) is 54.6 Å². The summed E-state index contributed by atoms with van der Waals surface area (Å²) in [5.41, 5.74) is 1.39. The number of hydrogen-bond donors (Lipinski definition) is 1. The normalized spacial score (nSPS) is 10.5. The fourth-order valence-corrected chi connectivity index (χ4v) is 2.74. The van der Waals surface area contributed by atoms with E-state index in [-0.39, 0.29) is 5.56 Å². The van der Waals surface area contributed by atoms with Crippen LogP contribution in [-0.4, -0.2) is 25.3 Å². The Morgan fingerprint density at radius 3 is 2.13 bits per heavy atom. The van der Waals surface area contributed by atoms with E-state index >= 15 is 0 Å². The fourth-order valence-electron chi connectivity index (χ4n) is 2.74. The topological polar surface area (TPSA) is 55.8 Å². The summed E-state index contributed by atoms with van der Waals surface area (Å²) in [4.78, 5) is 11.6. The van der Waals surface area contributed by atoms with Crippen LogP contribution >= 0.6 is 0 Å². The largest absolute Gasteiger partial charge is 0.496 e. The average Bonchev–Trinajstić information content (AvgIpc) is 2.59. The van der Waals surface area contributed by atoms with Gasteiger partial charge in [0.25, 0.3) is 0 Å². The van der Waals surface area contributed by atoms with E-state index in [9.17, 15) is 9.90 Å². The summed E-state index contributed by atoms with van der Waals surface area (Å²) >= 11 is 0. The van der Waals surface area contributed by atoms with E-state index in [1.54, 1.807) is 25.3 Å². The minimum Gasteiger partial charge on any atom is -0.496 e. The molecule has 0 saturated heterocycles. The lowest BCUT2D eigenvalue weighted by Crippen LogP contribution is -2.02. The molecule has 0 amide bonds. The summed E-state index contributed by atoms with van der Waals surface area (Å²) in [6, 6.07) is 16.7. The van der Waals surface area contributed by atoms with Gasteiger partial charge >= 0.3 is 5.97 Å². The van der Waals surface area contributed by atoms with Gasteiger partial charge in [0.15, 0.2) is 0 Å². The molecule has 3 aromatic rings. The number of aromatic carboxylic acids is 1. The summed E-state index contributed by atoms with van der Waals surface area (Å²) in [5, 5.41) is 11.6. The van der Waals surface area contributed by atoms with E-state index in [1.165, 1.54) is 7.11 Å². The van der Waals surface area contributed by atoms with Crippen LogP contribution in [-0.2, 0) is 0 Å². The second-order valence-corrected chi connectivity index (χ2v) is 5.09. The Labute approximate surface area is 133 Å². The van der Waals surface area contributed by atoms with Crippen LogP contribution < -0.4 is 9.47 Å². The van der Waals surface area contributed by atoms with E-state index in [0.29, 0.717) is 22.6 Å². The van der Waals surface area contributed by atoms with Crippen LogP contribution in [0.5, 0.6) is 11.5 Å². The van der Waals surface area contributed by atoms with E-state index in [1.807, 2.05) is 36.4 Å². The van der Waals surface area contributed by atoms with E-state index in [0.717, 1.165) is 10.8 Å². The molecule has 116 valence electrons. The highest BCUT2D eigenvalue weighted by Crippen LogP contribution is 2.41. The molecular formula is C19H16O4. The van der Waals surface area contributed by atoms with Gasteiger partial charge in [-0.05, 0) is 35.0 Å². The number of carboxylic acids is 1. The molecule has 0 aliphatic rings. The third kappa shape index (κ3) is 2.59. The van der Waals surface area contributed by atoms with Gasteiger partial charge in [-0.3, -0.25) is 0 Å². The molecular weight excluding hydrogens is 292 g/mol. The Balaban J connectivity index is 2.38. The van der Waals surface area contributed by atoms with Crippen LogP contribution in [0, 0.1) is 0 Å². The van der Waals surface area contributed by atoms with Gasteiger partial charge in [-0.15, -0.1) is 0 Å². The number of carbonyl (C=O) groups is 1. The molecule has 3 rings (SSSR count). The number of carboxylic acid groups (broad SMARTS) is 1. The van der Waals surface area contributed by atoms with Crippen LogP contribution in [0.1, 0.15) is 10.4 Å². The maximum Gasteiger partial charge on any atom is 0.336 e. The minimum absolute atomic E-state index is 0.179. The molecule has 0 aromatic heterocycles. The Morgan fingerprint density at radius 1 is 0.870 bits per heavy atom. The van der Waals surface area contributed by atoms with Gasteiger partial charge in [-0.1, -0.05) is 30.3 Å². The SMILES string of the molecule is COc1cc2ccccc2cc1-c1c(OC)cccc1C(=O)O. The van der Waals surface area contributed by atoms with Crippen molar-refractivity contribution >= 4 is 16.7 Å². The maximum absolute atomic E-state index is 11.6. The van der Waals surface area contributed by atoms with Gasteiger partial charge in [0.05, 0.1) is 19.8 Å². The monoisotopic (exact) mass is 308 g/mol. The van der Waals surface area contributed by atoms with Crippen molar-refractivity contribution in [1.29, 1.82) is 0 Å². The zero-order chi connectivity index (χ0) is 16.4. The first kappa shape index (κ1) is 14.9. The van der Waals surface area contributed by atoms with E-state index in [2.05, 4.69) is 0 Å². The molecule has 0 unspecified atom stereocenters. The lowest BCUT2D eigenvalue weighted by molar-refractivity contribution is 0.0697. The molecule has 0 bridgehead atoms. The zero-order valence-corrected chi connectivity index (χ0v) is 12.9. The maximum atomic E-state index is 11.6. The number of methoxy groups -OCH3 is 2. The average molecular weight is 308 g/mol. The van der Waals surface area contributed by atoms with Crippen molar-refractivity contribution < 1.29 is 19.4 Å². The molecule has 3 aromatic carbocycles. The molecule has 0 aliphatic heterocycles. The van der Waals surface area contributed by atoms with Crippen molar-refractivity contribution in [2.24, 2.45) is 0 Å². The number of ether oxygens (including phenoxy) is 2. The third-order valence-electron chi connectivity index (χ3n) is 3.81. The smallest absolute Gasteiger partial charge is 0.336 e. The van der Waals surface area contributed by atoms with E-state index in [4.69, 9.17) is 9.47 Å². The fraction of sp³-hybridized carbons (Fsp3) is 0.105. The first-order chi connectivity index (χ1) is 11.2. The van der Waals surface area contributed by atoms with Crippen LogP contribution in [0.2, 0.25) is 0 Å². The van der Waals surface area contributed by atoms with Crippen molar-refractivity contribution in [2.75, 3.05) is 14.2 Å². The van der Waals surface area contributed by atoms with E-state index < -0.39 is 5.97 Å². The lowest BCUT2D eigenvalue weighted by Gasteiger charge is -2.16. The van der Waals surface area contributed by atoms with Gasteiger partial charge in [0.1, 0.15) is 11.5 Å². The summed E-state index contributed by atoms with van der Waals surface area (Å²) in [7, 11) is 3.10. The molecule has 0 spiro atoms. The second kappa shape index (κ2) is 6.01. The highest BCUT2D eigenvalue weighted by molar-refractivity contribution is 6.01. The van der Waals surface area contributed by atoms with Crippen molar-refractivity contribution in [2.45, 2.75) is 0 Å². The van der Waals surface area contributed by atoms with Crippen molar-refractivity contribution in [3.8, 4) is 22.6 Å². The molecule has 4 heteroatoms. The van der Waals surface area contributed by atoms with Gasteiger partial charge in [-0.2, -0.15) is 0 Å². The van der Waals surface area contributed by atoms with Crippen molar-refractivity contribution in [3.05, 3.63) is 60.2 Å². The summed E-state index contributed by atoms with van der Waals surface area (Å²) in [6.45, 7) is 0. The zero-order valence-electron chi connectivity index (χ0n) is 12.9. The first-order valence-electron chi connectivity index (χ1n) is 7.13. The minimum atomic E-state index is -1.01. The highest BCUT2D eigenvalue weighted by Gasteiger charge is 2.20. The Morgan fingerprint density at radius 2 is 1.52 bits per heavy atom. The number of fused-ring (bicyclic) bond motifs is 1. The van der Waals surface area contributed by atoms with Crippen LogP contribution in [0.3, 0.4) is 0 Å². The molecule has 4 nitrogen and oxygen atoms in total. The van der Waals surface area contributed by atoms with Gasteiger partial charge in [-0.25, -0.2) is 4.79 Å². The number of rotatable bonds is 4. The molecule has 0 saturated carbocycles. The second-order valence-electron chi connectivity index (χ2n) is 5.09. The molecule has 0 heterocycles. The molecule has 0 fully saturated rings. The Bertz CT molecular complexity index is 884. The van der Waals surface area contributed by atoms with Crippen molar-refractivity contribution in [3.63, 3.8) is 0 Å². The van der Waals surface area contributed by atoms with Crippen molar-refractivity contribution in [1.82, 2.24) is 0 Å². The summed E-state index contributed by atoms with van der Waals surface area (Å²) in [6.07, 6.45) is 0. The molecule has 0 radical (unpaired) electrons. The molecule has 23 heavy (non-hydrogen) atoms. The number of benzene rings is 3. The van der Waals surface area contributed by atoms with Crippen LogP contribution in [0.4, 0.5) is 0 Å². The molecule has 0 aliphatic carbocycles. The summed E-state index contributed by atoms with van der Waals surface area (Å²) in [5.74, 6) is 0.100. The van der Waals surface area contributed by atoms with Gasteiger partial charge in [0.2, 0.25) is 0 Å². The first-order valence-corrected chi connectivity index (χ1v) is 7.13. The lowest BCUT2D eigenvalue weighted by atomic mass is 9.95. The Hall–Kier alpha value is -3.01. The van der Waals surface area contributed by atoms with Gasteiger partial charge < -0.3 is 14.6 Å². The quantitative estimate of drug-likeness (QED) is 0.784.